The maximum atomic E-state index is 13.9. The van der Waals surface area contributed by atoms with Crippen LogP contribution < -0.4 is 4.72 Å². The van der Waals surface area contributed by atoms with E-state index >= 15 is 0 Å². The molecule has 5 nitrogen and oxygen atoms in total. The van der Waals surface area contributed by atoms with E-state index in [4.69, 9.17) is 0 Å². The maximum Gasteiger partial charge on any atom is 0.239 e. The van der Waals surface area contributed by atoms with Crippen LogP contribution in [0, 0.1) is 11.7 Å². The Balaban J connectivity index is 1.98. The third kappa shape index (κ3) is 6.32. The normalized spacial score (nSPS) is 20.8. The van der Waals surface area contributed by atoms with Crippen LogP contribution in [0.5, 0.6) is 0 Å². The van der Waals surface area contributed by atoms with Gasteiger partial charge in [-0.05, 0) is 56.7 Å². The highest BCUT2D eigenvalue weighted by Gasteiger charge is 2.26. The second-order valence-electron chi connectivity index (χ2n) is 6.98. The van der Waals surface area contributed by atoms with E-state index in [1.165, 1.54) is 11.0 Å². The molecule has 0 aromatic heterocycles. The summed E-state index contributed by atoms with van der Waals surface area (Å²) >= 11 is 3.28. The number of rotatable bonds is 7. The molecule has 0 unspecified atom stereocenters. The Kier molecular flexibility index (Phi) is 7.61. The number of benzene rings is 1. The lowest BCUT2D eigenvalue weighted by atomic mass is 9.88. The van der Waals surface area contributed by atoms with Gasteiger partial charge in [-0.2, -0.15) is 0 Å². The molecule has 2 rings (SSSR count). The maximum absolute atomic E-state index is 13.9. The Labute approximate surface area is 163 Å². The fourth-order valence-corrected chi connectivity index (χ4v) is 4.92. The second-order valence-corrected chi connectivity index (χ2v) is 9.65. The lowest BCUT2D eigenvalue weighted by molar-refractivity contribution is -0.128. The first-order chi connectivity index (χ1) is 12.2. The lowest BCUT2D eigenvalue weighted by Gasteiger charge is -2.27. The summed E-state index contributed by atoms with van der Waals surface area (Å²) in [5, 5.41) is 0. The van der Waals surface area contributed by atoms with Crippen molar-refractivity contribution in [1.29, 1.82) is 0 Å². The van der Waals surface area contributed by atoms with Gasteiger partial charge in [0.25, 0.3) is 0 Å². The van der Waals surface area contributed by atoms with Crippen LogP contribution >= 0.6 is 15.9 Å². The largest absolute Gasteiger partial charge is 0.338 e. The molecule has 1 aromatic rings. The topological polar surface area (TPSA) is 66.5 Å². The summed E-state index contributed by atoms with van der Waals surface area (Å²) < 4.78 is 42.0. The Morgan fingerprint density at radius 2 is 1.96 bits per heavy atom. The molecule has 26 heavy (non-hydrogen) atoms. The highest BCUT2D eigenvalue weighted by molar-refractivity contribution is 9.10. The molecule has 1 aliphatic carbocycles. The summed E-state index contributed by atoms with van der Waals surface area (Å²) in [5.74, 6) is -0.934. The minimum absolute atomic E-state index is 0.0388. The van der Waals surface area contributed by atoms with Gasteiger partial charge in [0.2, 0.25) is 15.9 Å². The molecule has 0 radical (unpaired) electrons. The monoisotopic (exact) mass is 448 g/mol. The number of halogens is 2. The highest BCUT2D eigenvalue weighted by Crippen LogP contribution is 2.24. The van der Waals surface area contributed by atoms with Gasteiger partial charge in [0.1, 0.15) is 11.6 Å². The SMILES string of the molecule is CCN(Cc1cc(Br)ccc1F)C(=O)CS(=O)(=O)NC1CCC(C)CC1. The zero-order valence-electron chi connectivity index (χ0n) is 15.2. The van der Waals surface area contributed by atoms with E-state index < -0.39 is 27.5 Å². The smallest absolute Gasteiger partial charge is 0.239 e. The van der Waals surface area contributed by atoms with Crippen molar-refractivity contribution in [2.24, 2.45) is 5.92 Å². The van der Waals surface area contributed by atoms with Crippen LogP contribution in [0.2, 0.25) is 0 Å². The van der Waals surface area contributed by atoms with Gasteiger partial charge in [-0.3, -0.25) is 4.79 Å². The minimum atomic E-state index is -3.71. The van der Waals surface area contributed by atoms with Crippen LogP contribution in [0.3, 0.4) is 0 Å². The zero-order valence-corrected chi connectivity index (χ0v) is 17.6. The van der Waals surface area contributed by atoms with Crippen molar-refractivity contribution in [1.82, 2.24) is 9.62 Å². The number of hydrogen-bond donors (Lipinski definition) is 1. The van der Waals surface area contributed by atoms with Gasteiger partial charge in [0.05, 0.1) is 0 Å². The summed E-state index contributed by atoms with van der Waals surface area (Å²) in [5.41, 5.74) is 0.348. The molecule has 1 amide bonds. The number of amides is 1. The summed E-state index contributed by atoms with van der Waals surface area (Å²) in [6.07, 6.45) is 3.58. The summed E-state index contributed by atoms with van der Waals surface area (Å²) in [6.45, 7) is 4.25. The van der Waals surface area contributed by atoms with Crippen molar-refractivity contribution in [2.75, 3.05) is 12.3 Å². The Hall–Kier alpha value is -0.990. The minimum Gasteiger partial charge on any atom is -0.338 e. The van der Waals surface area contributed by atoms with E-state index in [1.807, 2.05) is 0 Å². The van der Waals surface area contributed by atoms with Crippen molar-refractivity contribution >= 4 is 31.9 Å². The lowest BCUT2D eigenvalue weighted by Crippen LogP contribution is -2.43. The fraction of sp³-hybridized carbons (Fsp3) is 0.611. The molecular formula is C18H26BrFN2O3S. The number of nitrogens with zero attached hydrogens (tertiary/aromatic N) is 1. The molecule has 0 saturated heterocycles. The molecule has 1 fully saturated rings. The number of nitrogens with one attached hydrogen (secondary N) is 1. The van der Waals surface area contributed by atoms with E-state index in [0.29, 0.717) is 22.5 Å². The van der Waals surface area contributed by atoms with E-state index in [2.05, 4.69) is 27.6 Å². The number of carbonyl (C=O) groups excluding carboxylic acids is 1. The van der Waals surface area contributed by atoms with Crippen LogP contribution in [-0.2, 0) is 21.4 Å². The van der Waals surface area contributed by atoms with Crippen LogP contribution in [0.25, 0.3) is 0 Å². The standard InChI is InChI=1S/C18H26BrFN2O3S/c1-3-22(11-14-10-15(19)6-9-17(14)20)18(23)12-26(24,25)21-16-7-4-13(2)5-8-16/h6,9-10,13,16,21H,3-5,7-8,11-12H2,1-2H3. The van der Waals surface area contributed by atoms with Crippen molar-refractivity contribution in [2.45, 2.75) is 52.1 Å². The summed E-state index contributed by atoms with van der Waals surface area (Å²) in [4.78, 5) is 13.8. The summed E-state index contributed by atoms with van der Waals surface area (Å²) in [7, 11) is -3.71. The van der Waals surface area contributed by atoms with Gasteiger partial charge in [-0.1, -0.05) is 22.9 Å². The molecule has 0 heterocycles. The Morgan fingerprint density at radius 3 is 2.58 bits per heavy atom. The molecule has 0 spiro atoms. The van der Waals surface area contributed by atoms with E-state index in [-0.39, 0.29) is 12.6 Å². The van der Waals surface area contributed by atoms with Gasteiger partial charge >= 0.3 is 0 Å². The average molecular weight is 449 g/mol. The van der Waals surface area contributed by atoms with Gasteiger partial charge in [0.15, 0.2) is 0 Å². The molecule has 8 heteroatoms. The molecule has 1 aromatic carbocycles. The van der Waals surface area contributed by atoms with Gasteiger partial charge in [0, 0.05) is 29.2 Å². The van der Waals surface area contributed by atoms with E-state index in [1.54, 1.807) is 19.1 Å². The van der Waals surface area contributed by atoms with Crippen molar-refractivity contribution in [3.05, 3.63) is 34.1 Å². The first kappa shape index (κ1) is 21.3. The van der Waals surface area contributed by atoms with Gasteiger partial charge < -0.3 is 4.90 Å². The van der Waals surface area contributed by atoms with Gasteiger partial charge in [-0.15, -0.1) is 0 Å². The molecule has 0 bridgehead atoms. The average Bonchev–Trinajstić information content (AvgIpc) is 2.57. The Morgan fingerprint density at radius 1 is 1.31 bits per heavy atom. The molecule has 1 aliphatic rings. The zero-order chi connectivity index (χ0) is 19.3. The third-order valence-corrected chi connectivity index (χ3v) is 6.59. The number of hydrogen-bond acceptors (Lipinski definition) is 3. The fourth-order valence-electron chi connectivity index (χ4n) is 3.17. The first-order valence-electron chi connectivity index (χ1n) is 8.92. The predicted octanol–water partition coefficient (Wildman–Crippen LogP) is 3.43. The van der Waals surface area contributed by atoms with Crippen molar-refractivity contribution in [3.63, 3.8) is 0 Å². The van der Waals surface area contributed by atoms with E-state index in [0.717, 1.165) is 25.7 Å². The summed E-state index contributed by atoms with van der Waals surface area (Å²) in [6, 6.07) is 4.40. The highest BCUT2D eigenvalue weighted by atomic mass is 79.9. The van der Waals surface area contributed by atoms with Crippen LogP contribution in [0.15, 0.2) is 22.7 Å². The molecule has 1 saturated carbocycles. The number of carbonyl (C=O) groups is 1. The molecule has 0 atom stereocenters. The third-order valence-electron chi connectivity index (χ3n) is 4.78. The molecule has 0 aliphatic heterocycles. The van der Waals surface area contributed by atoms with Crippen molar-refractivity contribution < 1.29 is 17.6 Å². The van der Waals surface area contributed by atoms with Crippen LogP contribution in [-0.4, -0.2) is 37.6 Å². The molecular weight excluding hydrogens is 423 g/mol. The Bertz CT molecular complexity index is 734. The van der Waals surface area contributed by atoms with E-state index in [9.17, 15) is 17.6 Å². The number of sulfonamides is 1. The van der Waals surface area contributed by atoms with Crippen molar-refractivity contribution in [3.8, 4) is 0 Å². The quantitative estimate of drug-likeness (QED) is 0.694. The molecule has 1 N–H and O–H groups in total. The van der Waals surface area contributed by atoms with Crippen LogP contribution in [0.4, 0.5) is 4.39 Å². The second kappa shape index (κ2) is 9.28. The van der Waals surface area contributed by atoms with Crippen LogP contribution in [0.1, 0.15) is 45.1 Å². The predicted molar refractivity (Wildman–Crippen MR) is 104 cm³/mol. The first-order valence-corrected chi connectivity index (χ1v) is 11.4. The van der Waals surface area contributed by atoms with Gasteiger partial charge in [-0.25, -0.2) is 17.5 Å². The molecule has 146 valence electrons.